The molecule has 0 saturated carbocycles. The van der Waals surface area contributed by atoms with Crippen LogP contribution in [0.2, 0.25) is 10.0 Å². The highest BCUT2D eigenvalue weighted by Gasteiger charge is 2.15. The molecule has 3 N–H and O–H groups in total. The maximum atomic E-state index is 12.2. The zero-order valence-corrected chi connectivity index (χ0v) is 14.7. The van der Waals surface area contributed by atoms with Crippen LogP contribution >= 0.6 is 23.2 Å². The maximum absolute atomic E-state index is 12.2. The van der Waals surface area contributed by atoms with Crippen LogP contribution in [0.15, 0.2) is 42.5 Å². The lowest BCUT2D eigenvalue weighted by atomic mass is 9.99. The Labute approximate surface area is 146 Å². The van der Waals surface area contributed by atoms with Gasteiger partial charge in [-0.15, -0.1) is 0 Å². The third-order valence-electron chi connectivity index (χ3n) is 3.70. The summed E-state index contributed by atoms with van der Waals surface area (Å²) in [5.74, 6) is 0.150. The van der Waals surface area contributed by atoms with E-state index in [1.54, 1.807) is 18.2 Å². The Morgan fingerprint density at radius 3 is 2.09 bits per heavy atom. The molecule has 0 aromatic heterocycles. The van der Waals surface area contributed by atoms with Crippen molar-refractivity contribution in [3.8, 4) is 0 Å². The van der Waals surface area contributed by atoms with Gasteiger partial charge in [-0.3, -0.25) is 4.79 Å². The fourth-order valence-electron chi connectivity index (χ4n) is 2.25. The summed E-state index contributed by atoms with van der Waals surface area (Å²) in [4.78, 5) is 12.2. The first-order chi connectivity index (χ1) is 10.9. The highest BCUT2D eigenvalue weighted by molar-refractivity contribution is 6.39. The van der Waals surface area contributed by atoms with Crippen molar-refractivity contribution in [2.24, 2.45) is 5.73 Å². The lowest BCUT2D eigenvalue weighted by Crippen LogP contribution is -2.32. The lowest BCUT2D eigenvalue weighted by Gasteiger charge is -2.15. The van der Waals surface area contributed by atoms with Gasteiger partial charge in [-0.1, -0.05) is 67.4 Å². The van der Waals surface area contributed by atoms with Gasteiger partial charge in [0.1, 0.15) is 0 Å². The number of rotatable bonds is 5. The minimum absolute atomic E-state index is 0.276. The first kappa shape index (κ1) is 17.8. The molecular weight excluding hydrogens is 331 g/mol. The molecule has 122 valence electrons. The molecule has 0 aliphatic rings. The van der Waals surface area contributed by atoms with Crippen LogP contribution in [-0.4, -0.2) is 12.5 Å². The molecule has 0 heterocycles. The average Bonchev–Trinajstić information content (AvgIpc) is 2.52. The number of halogens is 2. The maximum Gasteiger partial charge on any atom is 0.254 e. The van der Waals surface area contributed by atoms with Crippen molar-refractivity contribution in [2.45, 2.75) is 25.8 Å². The number of carbonyl (C=O) groups is 1. The average molecular weight is 351 g/mol. The van der Waals surface area contributed by atoms with Crippen LogP contribution in [-0.2, 0) is 0 Å². The Morgan fingerprint density at radius 1 is 1.04 bits per heavy atom. The number of hydrogen-bond donors (Lipinski definition) is 2. The van der Waals surface area contributed by atoms with Crippen LogP contribution in [0.5, 0.6) is 0 Å². The smallest absolute Gasteiger partial charge is 0.254 e. The summed E-state index contributed by atoms with van der Waals surface area (Å²) in [5, 5.41) is 3.43. The number of amides is 1. The Balaban J connectivity index is 2.01. The van der Waals surface area contributed by atoms with Crippen molar-refractivity contribution in [3.63, 3.8) is 0 Å². The zero-order chi connectivity index (χ0) is 17.0. The molecule has 1 atom stereocenters. The third-order valence-corrected chi connectivity index (χ3v) is 4.33. The molecule has 2 rings (SSSR count). The Morgan fingerprint density at radius 2 is 1.57 bits per heavy atom. The summed E-state index contributed by atoms with van der Waals surface area (Å²) in [6.45, 7) is 4.59. The van der Waals surface area contributed by atoms with E-state index in [-0.39, 0.29) is 17.5 Å². The SMILES string of the molecule is CC(C)c1ccc(C(N)CNC(=O)c2c(Cl)cccc2Cl)cc1. The van der Waals surface area contributed by atoms with Gasteiger partial charge >= 0.3 is 0 Å². The highest BCUT2D eigenvalue weighted by atomic mass is 35.5. The third kappa shape index (κ3) is 4.47. The molecular formula is C18H20Cl2N2O. The summed E-state index contributed by atoms with van der Waals surface area (Å²) < 4.78 is 0. The van der Waals surface area contributed by atoms with Crippen LogP contribution in [0.3, 0.4) is 0 Å². The number of nitrogens with two attached hydrogens (primary N) is 1. The Bertz CT molecular complexity index is 664. The molecule has 2 aromatic rings. The summed E-state index contributed by atoms with van der Waals surface area (Å²) in [6.07, 6.45) is 0. The molecule has 0 bridgehead atoms. The summed E-state index contributed by atoms with van der Waals surface area (Å²) in [6, 6.07) is 12.8. The van der Waals surface area contributed by atoms with E-state index in [2.05, 4.69) is 31.3 Å². The fourth-order valence-corrected chi connectivity index (χ4v) is 2.82. The minimum atomic E-state index is -0.324. The largest absolute Gasteiger partial charge is 0.350 e. The molecule has 0 aliphatic carbocycles. The van der Waals surface area contributed by atoms with Gasteiger partial charge in [-0.05, 0) is 29.2 Å². The van der Waals surface area contributed by atoms with Gasteiger partial charge in [0, 0.05) is 12.6 Å². The fraction of sp³-hybridized carbons (Fsp3) is 0.278. The molecule has 0 radical (unpaired) electrons. The standard InChI is InChI=1S/C18H20Cl2N2O/c1-11(2)12-6-8-13(9-7-12)16(21)10-22-18(23)17-14(19)4-3-5-15(17)20/h3-9,11,16H,10,21H2,1-2H3,(H,22,23). The molecule has 5 heteroatoms. The van der Waals surface area contributed by atoms with Gasteiger partial charge < -0.3 is 11.1 Å². The molecule has 1 unspecified atom stereocenters. The lowest BCUT2D eigenvalue weighted by molar-refractivity contribution is 0.0951. The van der Waals surface area contributed by atoms with Crippen LogP contribution < -0.4 is 11.1 Å². The van der Waals surface area contributed by atoms with Crippen LogP contribution in [0.1, 0.15) is 47.3 Å². The van der Waals surface area contributed by atoms with Crippen molar-refractivity contribution in [1.82, 2.24) is 5.32 Å². The second-order valence-electron chi connectivity index (χ2n) is 5.73. The number of carbonyl (C=O) groups excluding carboxylic acids is 1. The van der Waals surface area contributed by atoms with Crippen LogP contribution in [0.25, 0.3) is 0 Å². The highest BCUT2D eigenvalue weighted by Crippen LogP contribution is 2.24. The Kier molecular flexibility index (Phi) is 6.05. The van der Waals surface area contributed by atoms with Gasteiger partial charge in [0.25, 0.3) is 5.91 Å². The molecule has 0 spiro atoms. The topological polar surface area (TPSA) is 55.1 Å². The van der Waals surface area contributed by atoms with Crippen molar-refractivity contribution in [1.29, 1.82) is 0 Å². The molecule has 0 aliphatic heterocycles. The monoisotopic (exact) mass is 350 g/mol. The summed E-state index contributed by atoms with van der Waals surface area (Å²) in [7, 11) is 0. The van der Waals surface area contributed by atoms with E-state index in [4.69, 9.17) is 28.9 Å². The molecule has 23 heavy (non-hydrogen) atoms. The molecule has 0 fully saturated rings. The van der Waals surface area contributed by atoms with Gasteiger partial charge in [-0.25, -0.2) is 0 Å². The van der Waals surface area contributed by atoms with Gasteiger partial charge in [0.05, 0.1) is 15.6 Å². The first-order valence-corrected chi connectivity index (χ1v) is 8.23. The van der Waals surface area contributed by atoms with Crippen LogP contribution in [0, 0.1) is 0 Å². The number of hydrogen-bond acceptors (Lipinski definition) is 2. The van der Waals surface area contributed by atoms with E-state index < -0.39 is 0 Å². The van der Waals surface area contributed by atoms with E-state index in [1.165, 1.54) is 5.56 Å². The van der Waals surface area contributed by atoms with E-state index in [1.807, 2.05) is 12.1 Å². The summed E-state index contributed by atoms with van der Waals surface area (Å²) in [5.41, 5.74) is 8.65. The predicted octanol–water partition coefficient (Wildman–Crippen LogP) is 4.55. The second-order valence-corrected chi connectivity index (χ2v) is 6.55. The van der Waals surface area contributed by atoms with Gasteiger partial charge in [0.15, 0.2) is 0 Å². The van der Waals surface area contributed by atoms with E-state index in [9.17, 15) is 4.79 Å². The zero-order valence-electron chi connectivity index (χ0n) is 13.1. The normalized spacial score (nSPS) is 12.3. The van der Waals surface area contributed by atoms with Crippen LogP contribution in [0.4, 0.5) is 0 Å². The van der Waals surface area contributed by atoms with Crippen molar-refractivity contribution in [3.05, 3.63) is 69.2 Å². The quantitative estimate of drug-likeness (QED) is 0.831. The molecule has 3 nitrogen and oxygen atoms in total. The Hall–Kier alpha value is -1.55. The number of benzene rings is 2. The van der Waals surface area contributed by atoms with E-state index in [0.29, 0.717) is 22.5 Å². The minimum Gasteiger partial charge on any atom is -0.350 e. The van der Waals surface area contributed by atoms with E-state index >= 15 is 0 Å². The number of nitrogens with one attached hydrogen (secondary N) is 1. The molecule has 2 aromatic carbocycles. The second kappa shape index (κ2) is 7.82. The van der Waals surface area contributed by atoms with Gasteiger partial charge in [0.2, 0.25) is 0 Å². The van der Waals surface area contributed by atoms with Gasteiger partial charge in [-0.2, -0.15) is 0 Å². The first-order valence-electron chi connectivity index (χ1n) is 7.47. The van der Waals surface area contributed by atoms with Crippen molar-refractivity contribution in [2.75, 3.05) is 6.54 Å². The predicted molar refractivity (Wildman–Crippen MR) is 96.3 cm³/mol. The summed E-state index contributed by atoms with van der Waals surface area (Å²) >= 11 is 12.1. The van der Waals surface area contributed by atoms with Crippen molar-refractivity contribution >= 4 is 29.1 Å². The molecule has 1 amide bonds. The van der Waals surface area contributed by atoms with Crippen molar-refractivity contribution < 1.29 is 4.79 Å². The molecule has 0 saturated heterocycles. The van der Waals surface area contributed by atoms with E-state index in [0.717, 1.165) is 5.56 Å².